The number of benzene rings is 3. The Morgan fingerprint density at radius 2 is 1.41 bits per heavy atom. The number of hydrogen-bond acceptors (Lipinski definition) is 6. The second-order valence-corrected chi connectivity index (χ2v) is 7.49. The maximum Gasteiger partial charge on any atom is 0.347 e. The lowest BCUT2D eigenvalue weighted by molar-refractivity contribution is 0.563. The molecular formula is C26H20N4O2. The summed E-state index contributed by atoms with van der Waals surface area (Å²) in [7, 11) is 1.82. The van der Waals surface area contributed by atoms with Gasteiger partial charge in [0.2, 0.25) is 0 Å². The van der Waals surface area contributed by atoms with Crippen LogP contribution in [0.4, 0.5) is 5.69 Å². The van der Waals surface area contributed by atoms with Gasteiger partial charge in [0, 0.05) is 35.3 Å². The summed E-state index contributed by atoms with van der Waals surface area (Å²) in [6.07, 6.45) is 0. The quantitative estimate of drug-likeness (QED) is 0.396. The van der Waals surface area contributed by atoms with E-state index in [1.807, 2.05) is 80.7 Å². The Morgan fingerprint density at radius 3 is 2.09 bits per heavy atom. The minimum absolute atomic E-state index is 0.280. The number of nitrogens with one attached hydrogen (secondary N) is 1. The number of fused-ring (bicyclic) bond motifs is 1. The molecule has 0 atom stereocenters. The van der Waals surface area contributed by atoms with Crippen molar-refractivity contribution >= 4 is 16.7 Å². The first kappa shape index (κ1) is 19.6. The second-order valence-electron chi connectivity index (χ2n) is 7.49. The minimum atomic E-state index is -0.495. The molecule has 0 saturated heterocycles. The van der Waals surface area contributed by atoms with Crippen LogP contribution in [0.1, 0.15) is 5.56 Å². The molecule has 0 fully saturated rings. The van der Waals surface area contributed by atoms with E-state index in [0.29, 0.717) is 22.8 Å². The van der Waals surface area contributed by atoms with Gasteiger partial charge >= 0.3 is 5.63 Å². The Balaban J connectivity index is 1.72. The molecule has 2 heterocycles. The van der Waals surface area contributed by atoms with Crippen molar-refractivity contribution in [3.8, 4) is 34.2 Å². The van der Waals surface area contributed by atoms with Crippen LogP contribution in [0.15, 0.2) is 88.1 Å². The zero-order chi connectivity index (χ0) is 22.1. The average Bonchev–Trinajstić information content (AvgIpc) is 2.84. The van der Waals surface area contributed by atoms with Crippen molar-refractivity contribution in [2.24, 2.45) is 0 Å². The van der Waals surface area contributed by atoms with Crippen LogP contribution < -0.4 is 10.9 Å². The molecule has 1 N–H and O–H groups in total. The Labute approximate surface area is 184 Å². The molecule has 2 aromatic heterocycles. The van der Waals surface area contributed by atoms with E-state index < -0.39 is 5.63 Å². The molecular weight excluding hydrogens is 400 g/mol. The van der Waals surface area contributed by atoms with Gasteiger partial charge in [-0.2, -0.15) is 0 Å². The van der Waals surface area contributed by atoms with E-state index >= 15 is 0 Å². The number of rotatable bonds is 4. The fourth-order valence-corrected chi connectivity index (χ4v) is 3.47. The third-order valence-electron chi connectivity index (χ3n) is 5.24. The van der Waals surface area contributed by atoms with Crippen LogP contribution in [0, 0.1) is 6.92 Å². The van der Waals surface area contributed by atoms with Gasteiger partial charge in [-0.25, -0.2) is 19.7 Å². The van der Waals surface area contributed by atoms with Crippen molar-refractivity contribution in [3.63, 3.8) is 0 Å². The summed E-state index contributed by atoms with van der Waals surface area (Å²) < 4.78 is 5.60. The van der Waals surface area contributed by atoms with E-state index in [0.717, 1.165) is 27.8 Å². The second kappa shape index (κ2) is 8.07. The highest BCUT2D eigenvalue weighted by molar-refractivity contribution is 5.83. The molecule has 6 nitrogen and oxygen atoms in total. The normalized spacial score (nSPS) is 10.9. The third kappa shape index (κ3) is 3.74. The number of anilines is 1. The average molecular weight is 420 g/mol. The third-order valence-corrected chi connectivity index (χ3v) is 5.24. The maximum atomic E-state index is 12.9. The summed E-state index contributed by atoms with van der Waals surface area (Å²) in [5, 5.41) is 3.83. The van der Waals surface area contributed by atoms with Gasteiger partial charge in [0.25, 0.3) is 0 Å². The molecule has 0 aliphatic carbocycles. The SMILES string of the molecule is CNc1ccc2cc(-c3nc(-c4ccccc4)nc(-c4ccc(C)cc4)n3)c(=O)oc2c1. The highest BCUT2D eigenvalue weighted by Gasteiger charge is 2.16. The molecule has 3 aromatic carbocycles. The maximum absolute atomic E-state index is 12.9. The summed E-state index contributed by atoms with van der Waals surface area (Å²) in [4.78, 5) is 26.8. The first-order chi connectivity index (χ1) is 15.6. The van der Waals surface area contributed by atoms with Gasteiger partial charge in [-0.1, -0.05) is 60.2 Å². The Morgan fingerprint density at radius 1 is 0.750 bits per heavy atom. The topological polar surface area (TPSA) is 80.9 Å². The molecule has 0 saturated carbocycles. The number of aromatic nitrogens is 3. The Kier molecular flexibility index (Phi) is 4.95. The summed E-state index contributed by atoms with van der Waals surface area (Å²) in [5.41, 5.74) is 3.99. The fraction of sp³-hybridized carbons (Fsp3) is 0.0769. The molecule has 0 radical (unpaired) electrons. The van der Waals surface area contributed by atoms with Crippen LogP contribution in [0.2, 0.25) is 0 Å². The molecule has 0 aliphatic heterocycles. The van der Waals surface area contributed by atoms with E-state index in [-0.39, 0.29) is 5.82 Å². The first-order valence-electron chi connectivity index (χ1n) is 10.3. The van der Waals surface area contributed by atoms with Gasteiger partial charge in [-0.05, 0) is 25.1 Å². The van der Waals surface area contributed by atoms with Crippen molar-refractivity contribution in [3.05, 3.63) is 94.8 Å². The molecule has 0 aliphatic rings. The zero-order valence-corrected chi connectivity index (χ0v) is 17.7. The van der Waals surface area contributed by atoms with Crippen molar-refractivity contribution in [1.29, 1.82) is 0 Å². The van der Waals surface area contributed by atoms with Crippen molar-refractivity contribution in [2.45, 2.75) is 6.92 Å². The highest BCUT2D eigenvalue weighted by Crippen LogP contribution is 2.26. The smallest absolute Gasteiger partial charge is 0.347 e. The van der Waals surface area contributed by atoms with Crippen LogP contribution in [0.3, 0.4) is 0 Å². The van der Waals surface area contributed by atoms with Crippen LogP contribution >= 0.6 is 0 Å². The van der Waals surface area contributed by atoms with E-state index in [1.54, 1.807) is 12.1 Å². The molecule has 0 unspecified atom stereocenters. The fourth-order valence-electron chi connectivity index (χ4n) is 3.47. The Hall–Kier alpha value is -4.32. The molecule has 0 bridgehead atoms. The van der Waals surface area contributed by atoms with Crippen LogP contribution in [0.5, 0.6) is 0 Å². The lowest BCUT2D eigenvalue weighted by Crippen LogP contribution is -2.08. The summed E-state index contributed by atoms with van der Waals surface area (Å²) in [6, 6.07) is 25.0. The lowest BCUT2D eigenvalue weighted by atomic mass is 10.1. The van der Waals surface area contributed by atoms with Gasteiger partial charge in [0.15, 0.2) is 17.5 Å². The van der Waals surface area contributed by atoms with Gasteiger partial charge in [-0.3, -0.25) is 0 Å². The van der Waals surface area contributed by atoms with Gasteiger partial charge < -0.3 is 9.73 Å². The van der Waals surface area contributed by atoms with Crippen LogP contribution in [-0.2, 0) is 0 Å². The summed E-state index contributed by atoms with van der Waals surface area (Å²) >= 11 is 0. The largest absolute Gasteiger partial charge is 0.422 e. The summed E-state index contributed by atoms with van der Waals surface area (Å²) in [5.74, 6) is 1.28. The molecule has 156 valence electrons. The molecule has 5 aromatic rings. The lowest BCUT2D eigenvalue weighted by Gasteiger charge is -2.09. The summed E-state index contributed by atoms with van der Waals surface area (Å²) in [6.45, 7) is 2.03. The van der Waals surface area contributed by atoms with Gasteiger partial charge in [0.05, 0.1) is 0 Å². The monoisotopic (exact) mass is 420 g/mol. The predicted molar refractivity (Wildman–Crippen MR) is 126 cm³/mol. The van der Waals surface area contributed by atoms with Crippen LogP contribution in [-0.4, -0.2) is 22.0 Å². The van der Waals surface area contributed by atoms with Crippen LogP contribution in [0.25, 0.3) is 45.1 Å². The van der Waals surface area contributed by atoms with E-state index in [2.05, 4.69) is 20.3 Å². The zero-order valence-electron chi connectivity index (χ0n) is 17.7. The van der Waals surface area contributed by atoms with E-state index in [9.17, 15) is 4.79 Å². The van der Waals surface area contributed by atoms with Crippen molar-refractivity contribution in [1.82, 2.24) is 15.0 Å². The number of hydrogen-bond donors (Lipinski definition) is 1. The number of aryl methyl sites for hydroxylation is 1. The number of nitrogens with zero attached hydrogens (tertiary/aromatic N) is 3. The standard InChI is InChI=1S/C26H20N4O2/c1-16-8-10-18(11-9-16)24-28-23(17-6-4-3-5-7-17)29-25(30-24)21-14-19-12-13-20(27-2)15-22(19)32-26(21)31/h3-15,27H,1-2H3. The van der Waals surface area contributed by atoms with Crippen molar-refractivity contribution in [2.75, 3.05) is 12.4 Å². The molecule has 32 heavy (non-hydrogen) atoms. The highest BCUT2D eigenvalue weighted by atomic mass is 16.4. The molecule has 5 rings (SSSR count). The minimum Gasteiger partial charge on any atom is -0.422 e. The van der Waals surface area contributed by atoms with Crippen molar-refractivity contribution < 1.29 is 4.42 Å². The van der Waals surface area contributed by atoms with Gasteiger partial charge in [0.1, 0.15) is 11.1 Å². The predicted octanol–water partition coefficient (Wildman–Crippen LogP) is 5.33. The molecule has 6 heteroatoms. The Bertz CT molecular complexity index is 1480. The molecule has 0 amide bonds. The van der Waals surface area contributed by atoms with E-state index in [1.165, 1.54) is 0 Å². The van der Waals surface area contributed by atoms with Gasteiger partial charge in [-0.15, -0.1) is 0 Å². The molecule has 0 spiro atoms. The van der Waals surface area contributed by atoms with E-state index in [4.69, 9.17) is 4.42 Å². The first-order valence-corrected chi connectivity index (χ1v) is 10.3.